The summed E-state index contributed by atoms with van der Waals surface area (Å²) >= 11 is 0. The van der Waals surface area contributed by atoms with Gasteiger partial charge in [-0.3, -0.25) is 4.79 Å². The molecule has 232 valence electrons. The van der Waals surface area contributed by atoms with Crippen molar-refractivity contribution in [1.29, 1.82) is 0 Å². The molecule has 2 aliphatic heterocycles. The first-order valence-electron chi connectivity index (χ1n) is 14.9. The molecule has 0 radical (unpaired) electrons. The molecule has 0 spiro atoms. The van der Waals surface area contributed by atoms with Gasteiger partial charge in [0.1, 0.15) is 0 Å². The van der Waals surface area contributed by atoms with Crippen molar-refractivity contribution in [3.63, 3.8) is 0 Å². The fourth-order valence-electron chi connectivity index (χ4n) is 5.75. The molecule has 0 saturated carbocycles. The van der Waals surface area contributed by atoms with Crippen LogP contribution in [-0.2, 0) is 4.79 Å². The number of aliphatic hydroxyl groups excluding tert-OH is 1. The molecule has 5 heterocycles. The van der Waals surface area contributed by atoms with Crippen molar-refractivity contribution >= 4 is 49.9 Å². The van der Waals surface area contributed by atoms with E-state index in [9.17, 15) is 4.79 Å². The van der Waals surface area contributed by atoms with Gasteiger partial charge in [0.2, 0.25) is 0 Å². The number of rotatable bonds is 1. The Labute approximate surface area is 305 Å². The first kappa shape index (κ1) is 31.4. The maximum Gasteiger partial charge on any atom is 2.00 e. The Balaban J connectivity index is 0.000000415. The van der Waals surface area contributed by atoms with Crippen molar-refractivity contribution in [2.45, 2.75) is 13.8 Å². The molecular weight excluding hydrogens is 746 g/mol. The predicted molar refractivity (Wildman–Crippen MR) is 181 cm³/mol. The van der Waals surface area contributed by atoms with E-state index < -0.39 is 0 Å². The summed E-state index contributed by atoms with van der Waals surface area (Å²) in [5.41, 5.74) is 5.78. The monoisotopic (exact) mass is 770 g/mol. The maximum atomic E-state index is 10.0. The summed E-state index contributed by atoms with van der Waals surface area (Å²) in [6.45, 7) is 2.85. The predicted octanol–water partition coefficient (Wildman–Crippen LogP) is 7.16. The molecule has 48 heavy (non-hydrogen) atoms. The quantitative estimate of drug-likeness (QED) is 0.135. The minimum Gasteiger partial charge on any atom is -0.512 e. The second-order valence-electron chi connectivity index (χ2n) is 11.1. The van der Waals surface area contributed by atoms with Crippen LogP contribution in [-0.4, -0.2) is 40.8 Å². The number of fused-ring (bicyclic) bond motifs is 20. The molecule has 11 heteroatoms. The third kappa shape index (κ3) is 5.66. The molecule has 0 amide bonds. The standard InChI is InChI=1S/C32H16N8.C5H8O2.Gd/c1-2-10-18-17(9-1)25-33-26(18)38-28-21-13-5-6-14-22(21)30(35-28)40-32-24-16-8-7-15-23(24)31(36-32)39-29-20-12-4-3-11-19(20)27(34-29)37-25;1-4(6)3-5(2)7;/h1-16H;3,6H,1-2H3;/q-2;;+2/b;4-3+;. The normalized spacial score (nSPS) is 11.7. The van der Waals surface area contributed by atoms with Crippen LogP contribution in [0.5, 0.6) is 0 Å². The van der Waals surface area contributed by atoms with E-state index in [0.29, 0.717) is 45.9 Å². The van der Waals surface area contributed by atoms with E-state index >= 15 is 0 Å². The fourth-order valence-corrected chi connectivity index (χ4v) is 5.75. The second kappa shape index (κ2) is 12.8. The van der Waals surface area contributed by atoms with E-state index in [1.54, 1.807) is 0 Å². The molecule has 0 fully saturated rings. The van der Waals surface area contributed by atoms with Crippen LogP contribution in [0.15, 0.2) is 109 Å². The minimum atomic E-state index is -0.125. The summed E-state index contributed by atoms with van der Waals surface area (Å²) in [7, 11) is 0. The summed E-state index contributed by atoms with van der Waals surface area (Å²) in [6, 6.07) is 31.8. The van der Waals surface area contributed by atoms with Crippen molar-refractivity contribution < 1.29 is 49.8 Å². The Bertz CT molecular complexity index is 2280. The number of carbonyl (C=O) groups excluding carboxylic acids is 1. The number of aliphatic hydroxyl groups is 1. The van der Waals surface area contributed by atoms with Gasteiger partial charge >= 0.3 is 39.9 Å². The molecule has 0 unspecified atom stereocenters. The van der Waals surface area contributed by atoms with Gasteiger partial charge in [0, 0.05) is 50.9 Å². The van der Waals surface area contributed by atoms with Gasteiger partial charge < -0.3 is 35.0 Å². The Kier molecular flexibility index (Phi) is 8.34. The zero-order valence-corrected chi connectivity index (χ0v) is 27.9. The van der Waals surface area contributed by atoms with Crippen molar-refractivity contribution in [2.24, 2.45) is 0 Å². The molecule has 0 saturated heterocycles. The van der Waals surface area contributed by atoms with Crippen molar-refractivity contribution in [1.82, 2.24) is 39.9 Å². The zero-order valence-electron chi connectivity index (χ0n) is 25.6. The molecule has 7 aromatic rings. The molecule has 10 nitrogen and oxygen atoms in total. The van der Waals surface area contributed by atoms with Crippen LogP contribution in [0.25, 0.3) is 89.7 Å². The van der Waals surface area contributed by atoms with Crippen LogP contribution in [0.1, 0.15) is 13.8 Å². The SMILES string of the molecule is CC(=O)/C=C(\C)O.[Gd+2].c1ccc2c(c1)-c1nc-2nc2[n-]c(nc3nc(nc4[n-]c(n1)c1ccccc41)-c1ccccc1-3)c1ccccc21. The Morgan fingerprint density at radius 1 is 0.500 bits per heavy atom. The smallest absolute Gasteiger partial charge is 0.512 e. The van der Waals surface area contributed by atoms with Gasteiger partial charge in [-0.2, -0.15) is 0 Å². The molecule has 3 aromatic heterocycles. The summed E-state index contributed by atoms with van der Waals surface area (Å²) in [5.74, 6) is 2.15. The van der Waals surface area contributed by atoms with Crippen LogP contribution in [0.3, 0.4) is 0 Å². The molecular formula is C37H24GdN8O2. The number of hydrogen-bond acceptors (Lipinski definition) is 8. The van der Waals surface area contributed by atoms with E-state index in [1.165, 1.54) is 19.9 Å². The number of ketones is 1. The molecule has 0 aliphatic carbocycles. The summed E-state index contributed by atoms with van der Waals surface area (Å²) < 4.78 is 0. The molecule has 0 atom stereocenters. The van der Waals surface area contributed by atoms with Gasteiger partial charge in [0.05, 0.1) is 29.1 Å². The number of allylic oxidation sites excluding steroid dienone is 2. The topological polar surface area (TPSA) is 143 Å². The van der Waals surface area contributed by atoms with E-state index in [-0.39, 0.29) is 51.5 Å². The van der Waals surface area contributed by atoms with E-state index in [1.807, 2.05) is 97.1 Å². The van der Waals surface area contributed by atoms with Gasteiger partial charge in [-0.25, -0.2) is 9.97 Å². The van der Waals surface area contributed by atoms with E-state index in [0.717, 1.165) is 43.8 Å². The number of nitrogens with zero attached hydrogens (tertiary/aromatic N) is 8. The zero-order chi connectivity index (χ0) is 32.1. The average molecular weight is 770 g/mol. The maximum absolute atomic E-state index is 10.0. The molecule has 9 rings (SSSR count). The van der Waals surface area contributed by atoms with Gasteiger partial charge in [-0.05, 0) is 35.4 Å². The van der Waals surface area contributed by atoms with Crippen LogP contribution in [0.2, 0.25) is 0 Å². The van der Waals surface area contributed by atoms with Crippen LogP contribution >= 0.6 is 0 Å². The fraction of sp³-hybridized carbons (Fsp3) is 0.0541. The third-order valence-electron chi connectivity index (χ3n) is 7.74. The molecule has 8 bridgehead atoms. The first-order valence-corrected chi connectivity index (χ1v) is 14.9. The summed E-state index contributed by atoms with van der Waals surface area (Å²) in [6.07, 6.45) is 1.17. The van der Waals surface area contributed by atoms with Crippen LogP contribution < -0.4 is 9.97 Å². The molecule has 4 aromatic carbocycles. The number of aromatic nitrogens is 8. The van der Waals surface area contributed by atoms with E-state index in [4.69, 9.17) is 45.0 Å². The number of carbonyl (C=O) groups is 1. The van der Waals surface area contributed by atoms with Gasteiger partial charge in [-0.15, -0.1) is 0 Å². The van der Waals surface area contributed by atoms with Crippen molar-refractivity contribution in [3.8, 4) is 45.6 Å². The Morgan fingerprint density at radius 3 is 1.00 bits per heavy atom. The van der Waals surface area contributed by atoms with Crippen molar-refractivity contribution in [2.75, 3.05) is 0 Å². The van der Waals surface area contributed by atoms with Gasteiger partial charge in [-0.1, -0.05) is 97.1 Å². The van der Waals surface area contributed by atoms with E-state index in [2.05, 4.69) is 0 Å². The van der Waals surface area contributed by atoms with Gasteiger partial charge in [0.15, 0.2) is 5.78 Å². The second-order valence-corrected chi connectivity index (χ2v) is 11.1. The molecule has 1 N–H and O–H groups in total. The minimum absolute atomic E-state index is 0. The Hall–Kier alpha value is -5.23. The van der Waals surface area contributed by atoms with Crippen LogP contribution in [0.4, 0.5) is 0 Å². The summed E-state index contributed by atoms with van der Waals surface area (Å²) in [4.78, 5) is 49.3. The summed E-state index contributed by atoms with van der Waals surface area (Å²) in [5, 5.41) is 11.9. The van der Waals surface area contributed by atoms with Crippen LogP contribution in [0, 0.1) is 39.9 Å². The average Bonchev–Trinajstić information content (AvgIpc) is 3.80. The van der Waals surface area contributed by atoms with Gasteiger partial charge in [0.25, 0.3) is 0 Å². The number of hydrogen-bond donors (Lipinski definition) is 1. The Morgan fingerprint density at radius 2 is 0.771 bits per heavy atom. The first-order chi connectivity index (χ1) is 22.9. The largest absolute Gasteiger partial charge is 2.00 e. The van der Waals surface area contributed by atoms with Crippen molar-refractivity contribution in [3.05, 3.63) is 109 Å². The number of benzene rings is 4. The molecule has 2 aliphatic rings. The third-order valence-corrected chi connectivity index (χ3v) is 7.74.